The highest BCUT2D eigenvalue weighted by atomic mass is 16.6. The Morgan fingerprint density at radius 3 is 2.58 bits per heavy atom. The molecule has 1 saturated heterocycles. The van der Waals surface area contributed by atoms with Crippen LogP contribution in [0.25, 0.3) is 0 Å². The zero-order chi connectivity index (χ0) is 13.2. The number of allylic oxidation sites excluding steroid dienone is 2. The van der Waals surface area contributed by atoms with E-state index < -0.39 is 0 Å². The van der Waals surface area contributed by atoms with Gasteiger partial charge in [0.25, 0.3) is 0 Å². The lowest BCUT2D eigenvalue weighted by Gasteiger charge is -2.36. The van der Waals surface area contributed by atoms with E-state index in [4.69, 9.17) is 4.74 Å². The Kier molecular flexibility index (Phi) is 3.78. The lowest BCUT2D eigenvalue weighted by Crippen LogP contribution is -2.50. The third kappa shape index (κ3) is 2.78. The van der Waals surface area contributed by atoms with Crippen molar-refractivity contribution in [3.05, 3.63) is 12.2 Å². The highest BCUT2D eigenvalue weighted by molar-refractivity contribution is 5.67. The third-order valence-electron chi connectivity index (χ3n) is 4.81. The molecule has 1 saturated carbocycles. The molecule has 0 unspecified atom stereocenters. The van der Waals surface area contributed by atoms with Crippen LogP contribution in [0.1, 0.15) is 19.8 Å². The van der Waals surface area contributed by atoms with Gasteiger partial charge in [0.05, 0.1) is 6.61 Å². The maximum absolute atomic E-state index is 11.6. The summed E-state index contributed by atoms with van der Waals surface area (Å²) in [5.41, 5.74) is 0. The van der Waals surface area contributed by atoms with E-state index in [9.17, 15) is 4.79 Å². The van der Waals surface area contributed by atoms with Gasteiger partial charge in [0, 0.05) is 32.7 Å². The van der Waals surface area contributed by atoms with Crippen molar-refractivity contribution in [2.75, 3.05) is 39.3 Å². The smallest absolute Gasteiger partial charge is 0.409 e. The predicted molar refractivity (Wildman–Crippen MR) is 73.9 cm³/mol. The number of ether oxygens (including phenoxy) is 1. The summed E-state index contributed by atoms with van der Waals surface area (Å²) in [7, 11) is 0. The Hall–Kier alpha value is -1.03. The lowest BCUT2D eigenvalue weighted by atomic mass is 9.93. The molecule has 19 heavy (non-hydrogen) atoms. The molecule has 3 atom stereocenters. The Bertz CT molecular complexity index is 361. The van der Waals surface area contributed by atoms with Crippen LogP contribution in [-0.2, 0) is 4.74 Å². The number of carbonyl (C=O) groups is 1. The van der Waals surface area contributed by atoms with Gasteiger partial charge in [0.15, 0.2) is 0 Å². The Morgan fingerprint density at radius 1 is 1.21 bits per heavy atom. The number of amides is 1. The van der Waals surface area contributed by atoms with Gasteiger partial charge in [-0.2, -0.15) is 0 Å². The van der Waals surface area contributed by atoms with E-state index >= 15 is 0 Å². The summed E-state index contributed by atoms with van der Waals surface area (Å²) in [6, 6.07) is 0. The Labute approximate surface area is 115 Å². The van der Waals surface area contributed by atoms with E-state index in [0.29, 0.717) is 6.61 Å². The average molecular weight is 264 g/mol. The van der Waals surface area contributed by atoms with Crippen LogP contribution in [0.15, 0.2) is 12.2 Å². The molecular weight excluding hydrogens is 240 g/mol. The topological polar surface area (TPSA) is 32.8 Å². The van der Waals surface area contributed by atoms with Crippen LogP contribution in [0.3, 0.4) is 0 Å². The largest absolute Gasteiger partial charge is 0.450 e. The minimum Gasteiger partial charge on any atom is -0.450 e. The van der Waals surface area contributed by atoms with Crippen molar-refractivity contribution < 1.29 is 9.53 Å². The molecule has 2 bridgehead atoms. The Balaban J connectivity index is 1.43. The molecule has 0 aromatic heterocycles. The normalized spacial score (nSPS) is 33.9. The molecule has 3 rings (SSSR count). The van der Waals surface area contributed by atoms with Crippen molar-refractivity contribution in [1.82, 2.24) is 9.80 Å². The summed E-state index contributed by atoms with van der Waals surface area (Å²) in [4.78, 5) is 16.0. The molecule has 1 aliphatic heterocycles. The first-order valence-corrected chi connectivity index (χ1v) is 7.58. The highest BCUT2D eigenvalue weighted by Crippen LogP contribution is 2.43. The molecular formula is C15H24N2O2. The third-order valence-corrected chi connectivity index (χ3v) is 4.81. The maximum Gasteiger partial charge on any atom is 0.409 e. The first-order valence-electron chi connectivity index (χ1n) is 7.58. The van der Waals surface area contributed by atoms with Crippen molar-refractivity contribution >= 4 is 6.09 Å². The quantitative estimate of drug-likeness (QED) is 0.731. The number of hydrogen-bond acceptors (Lipinski definition) is 3. The number of rotatable bonds is 3. The molecule has 3 aliphatic rings. The zero-order valence-corrected chi connectivity index (χ0v) is 11.8. The van der Waals surface area contributed by atoms with Crippen LogP contribution in [0.2, 0.25) is 0 Å². The summed E-state index contributed by atoms with van der Waals surface area (Å²) < 4.78 is 5.05. The monoisotopic (exact) mass is 264 g/mol. The van der Waals surface area contributed by atoms with Crippen LogP contribution in [0.5, 0.6) is 0 Å². The SMILES string of the molecule is CCOC(=O)N1CCN(C[C@H]2C[C@H]3C=C[C@@H]2C3)CC1. The fraction of sp³-hybridized carbons (Fsp3) is 0.800. The van der Waals surface area contributed by atoms with Gasteiger partial charge in [-0.1, -0.05) is 12.2 Å². The second kappa shape index (κ2) is 5.53. The van der Waals surface area contributed by atoms with Gasteiger partial charge in [-0.25, -0.2) is 4.79 Å². The summed E-state index contributed by atoms with van der Waals surface area (Å²) in [6.45, 7) is 7.16. The van der Waals surface area contributed by atoms with E-state index in [1.54, 1.807) is 0 Å². The fourth-order valence-corrected chi connectivity index (χ4v) is 3.76. The minimum absolute atomic E-state index is 0.148. The molecule has 4 nitrogen and oxygen atoms in total. The van der Waals surface area contributed by atoms with Crippen molar-refractivity contribution in [2.24, 2.45) is 17.8 Å². The molecule has 0 N–H and O–H groups in total. The van der Waals surface area contributed by atoms with Crippen LogP contribution >= 0.6 is 0 Å². The van der Waals surface area contributed by atoms with Crippen LogP contribution in [0, 0.1) is 17.8 Å². The second-order valence-corrected chi connectivity index (χ2v) is 6.03. The van der Waals surface area contributed by atoms with Crippen LogP contribution in [-0.4, -0.2) is 55.2 Å². The minimum atomic E-state index is -0.148. The van der Waals surface area contributed by atoms with Gasteiger partial charge in [-0.3, -0.25) is 4.90 Å². The summed E-state index contributed by atoms with van der Waals surface area (Å²) in [5, 5.41) is 0. The summed E-state index contributed by atoms with van der Waals surface area (Å²) >= 11 is 0. The Morgan fingerprint density at radius 2 is 2.00 bits per heavy atom. The molecule has 4 heteroatoms. The first kappa shape index (κ1) is 13.0. The summed E-state index contributed by atoms with van der Waals surface area (Å²) in [6.07, 6.45) is 7.44. The van der Waals surface area contributed by atoms with Gasteiger partial charge >= 0.3 is 6.09 Å². The number of carbonyl (C=O) groups excluding carboxylic acids is 1. The number of nitrogens with zero attached hydrogens (tertiary/aromatic N) is 2. The molecule has 0 spiro atoms. The van der Waals surface area contributed by atoms with E-state index in [1.807, 2.05) is 11.8 Å². The van der Waals surface area contributed by atoms with Gasteiger partial charge in [-0.05, 0) is 37.5 Å². The number of piperazine rings is 1. The molecule has 1 amide bonds. The van der Waals surface area contributed by atoms with Crippen LogP contribution < -0.4 is 0 Å². The predicted octanol–water partition coefficient (Wildman–Crippen LogP) is 1.97. The maximum atomic E-state index is 11.6. The zero-order valence-electron chi connectivity index (χ0n) is 11.8. The molecule has 2 fully saturated rings. The average Bonchev–Trinajstić information content (AvgIpc) is 3.02. The van der Waals surface area contributed by atoms with E-state index in [2.05, 4.69) is 17.1 Å². The van der Waals surface area contributed by atoms with E-state index in [1.165, 1.54) is 19.4 Å². The first-order chi connectivity index (χ1) is 9.26. The fourth-order valence-electron chi connectivity index (χ4n) is 3.76. The van der Waals surface area contributed by atoms with Crippen molar-refractivity contribution in [3.63, 3.8) is 0 Å². The number of fused-ring (bicyclic) bond motifs is 2. The molecule has 0 aromatic carbocycles. The van der Waals surface area contributed by atoms with Gasteiger partial charge in [0.2, 0.25) is 0 Å². The van der Waals surface area contributed by atoms with E-state index in [-0.39, 0.29) is 6.09 Å². The van der Waals surface area contributed by atoms with Gasteiger partial charge in [-0.15, -0.1) is 0 Å². The second-order valence-electron chi connectivity index (χ2n) is 6.03. The van der Waals surface area contributed by atoms with Crippen molar-refractivity contribution in [1.29, 1.82) is 0 Å². The molecule has 0 aromatic rings. The molecule has 2 aliphatic carbocycles. The van der Waals surface area contributed by atoms with Crippen LogP contribution in [0.4, 0.5) is 4.79 Å². The molecule has 0 radical (unpaired) electrons. The lowest BCUT2D eigenvalue weighted by molar-refractivity contribution is 0.0738. The summed E-state index contributed by atoms with van der Waals surface area (Å²) in [5.74, 6) is 2.54. The van der Waals surface area contributed by atoms with Gasteiger partial charge in [0.1, 0.15) is 0 Å². The number of hydrogen-bond donors (Lipinski definition) is 0. The highest BCUT2D eigenvalue weighted by Gasteiger charge is 2.36. The van der Waals surface area contributed by atoms with Gasteiger partial charge < -0.3 is 9.64 Å². The molecule has 106 valence electrons. The standard InChI is InChI=1S/C15H24N2O2/c1-2-19-15(18)17-7-5-16(6-8-17)11-14-10-12-3-4-13(14)9-12/h3-4,12-14H,2,5-11H2,1H3/t12-,13+,14+/m0/s1. The van der Waals surface area contributed by atoms with Crippen molar-refractivity contribution in [3.8, 4) is 0 Å². The molecule has 1 heterocycles. The van der Waals surface area contributed by atoms with E-state index in [0.717, 1.165) is 43.9 Å². The van der Waals surface area contributed by atoms with Crippen molar-refractivity contribution in [2.45, 2.75) is 19.8 Å².